The van der Waals surface area contributed by atoms with Crippen LogP contribution in [0.2, 0.25) is 0 Å². The van der Waals surface area contributed by atoms with Crippen molar-refractivity contribution >= 4 is 16.4 Å². The summed E-state index contributed by atoms with van der Waals surface area (Å²) in [7, 11) is -3.59. The van der Waals surface area contributed by atoms with Crippen molar-refractivity contribution in [3.05, 3.63) is 35.9 Å². The van der Waals surface area contributed by atoms with Crippen LogP contribution in [0.3, 0.4) is 0 Å². The summed E-state index contributed by atoms with van der Waals surface area (Å²) in [6.07, 6.45) is 0.619. The highest BCUT2D eigenvalue weighted by Gasteiger charge is 2.24. The molecule has 82 valence electrons. The zero-order valence-electron chi connectivity index (χ0n) is 8.38. The number of benzene rings is 1. The van der Waals surface area contributed by atoms with Gasteiger partial charge in [-0.05, 0) is 12.0 Å². The summed E-state index contributed by atoms with van der Waals surface area (Å²) in [5.74, 6) is 0. The lowest BCUT2D eigenvalue weighted by molar-refractivity contribution is -0.108. The summed E-state index contributed by atoms with van der Waals surface area (Å²) in [6, 6.07) is 8.83. The Morgan fingerprint density at radius 3 is 2.40 bits per heavy atom. The van der Waals surface area contributed by atoms with Gasteiger partial charge >= 0.3 is 0 Å². The van der Waals surface area contributed by atoms with Gasteiger partial charge in [0.25, 0.3) is 0 Å². The molecule has 5 heteroatoms. The van der Waals surface area contributed by atoms with Crippen molar-refractivity contribution in [2.24, 2.45) is 0 Å². The fourth-order valence-corrected chi connectivity index (χ4v) is 2.70. The lowest BCUT2D eigenvalue weighted by Gasteiger charge is -2.14. The molecule has 0 radical (unpaired) electrons. The van der Waals surface area contributed by atoms with Gasteiger partial charge in [-0.2, -0.15) is 0 Å². The summed E-state index contributed by atoms with van der Waals surface area (Å²) in [6.45, 7) is 1.77. The number of hydrogen-bond donors (Lipinski definition) is 1. The first-order valence-electron chi connectivity index (χ1n) is 4.61. The zero-order chi connectivity index (χ0) is 11.3. The van der Waals surface area contributed by atoms with Crippen molar-refractivity contribution in [2.45, 2.75) is 18.6 Å². The van der Waals surface area contributed by atoms with E-state index in [0.29, 0.717) is 12.0 Å². The van der Waals surface area contributed by atoms with Gasteiger partial charge in [-0.25, -0.2) is 8.42 Å². The number of carbonyl (C=O) groups excluding carboxylic acids is 1. The Bertz CT molecular complexity index is 414. The largest absolute Gasteiger partial charge is 0.278 e. The van der Waals surface area contributed by atoms with Crippen molar-refractivity contribution in [2.75, 3.05) is 0 Å². The average Bonchev–Trinajstić information content (AvgIpc) is 2.19. The van der Waals surface area contributed by atoms with Gasteiger partial charge in [0.1, 0.15) is 5.25 Å². The lowest BCUT2D eigenvalue weighted by atomic mass is 10.1. The topological polar surface area (TPSA) is 63.2 Å². The molecule has 0 saturated carbocycles. The van der Waals surface area contributed by atoms with Crippen LogP contribution in [-0.4, -0.2) is 14.8 Å². The molecule has 1 aromatic carbocycles. The standard InChI is InChI=1S/C10H13NO3S/c1-2-10(15(13,14)11-8-12)9-6-4-3-5-7-9/h3-8,10H,2H2,1H3,(H,11,12). The first-order chi connectivity index (χ1) is 7.11. The van der Waals surface area contributed by atoms with Crippen LogP contribution in [0, 0.1) is 0 Å². The molecular weight excluding hydrogens is 214 g/mol. The van der Waals surface area contributed by atoms with E-state index in [1.54, 1.807) is 31.2 Å². The Morgan fingerprint density at radius 2 is 1.93 bits per heavy atom. The smallest absolute Gasteiger partial charge is 0.241 e. The average molecular weight is 227 g/mol. The van der Waals surface area contributed by atoms with Gasteiger partial charge in [-0.1, -0.05) is 37.3 Å². The molecule has 0 heterocycles. The Morgan fingerprint density at radius 1 is 1.33 bits per heavy atom. The third-order valence-electron chi connectivity index (χ3n) is 2.13. The van der Waals surface area contributed by atoms with Gasteiger partial charge in [0.05, 0.1) is 0 Å². The van der Waals surface area contributed by atoms with Crippen LogP contribution in [-0.2, 0) is 14.8 Å². The second kappa shape index (κ2) is 4.93. The van der Waals surface area contributed by atoms with Crippen molar-refractivity contribution in [3.8, 4) is 0 Å². The maximum absolute atomic E-state index is 11.6. The molecule has 1 unspecified atom stereocenters. The van der Waals surface area contributed by atoms with Gasteiger partial charge in [0, 0.05) is 0 Å². The quantitative estimate of drug-likeness (QED) is 0.769. The van der Waals surface area contributed by atoms with E-state index in [4.69, 9.17) is 0 Å². The van der Waals surface area contributed by atoms with Crippen LogP contribution >= 0.6 is 0 Å². The second-order valence-electron chi connectivity index (χ2n) is 3.09. The molecule has 0 aliphatic heterocycles. The first kappa shape index (κ1) is 11.7. The summed E-state index contributed by atoms with van der Waals surface area (Å²) in [5, 5.41) is -0.677. The molecule has 0 fully saturated rings. The Kier molecular flexibility index (Phi) is 3.85. The van der Waals surface area contributed by atoms with Gasteiger partial charge < -0.3 is 0 Å². The van der Waals surface area contributed by atoms with E-state index >= 15 is 0 Å². The molecule has 0 spiro atoms. The maximum atomic E-state index is 11.6. The van der Waals surface area contributed by atoms with E-state index in [2.05, 4.69) is 0 Å². The number of sulfonamides is 1. The molecular formula is C10H13NO3S. The minimum atomic E-state index is -3.59. The number of amides is 1. The predicted molar refractivity (Wildman–Crippen MR) is 57.6 cm³/mol. The molecule has 1 amide bonds. The minimum Gasteiger partial charge on any atom is -0.278 e. The van der Waals surface area contributed by atoms with Crippen LogP contribution in [0.5, 0.6) is 0 Å². The lowest BCUT2D eigenvalue weighted by Crippen LogP contribution is -2.27. The molecule has 1 aromatic rings. The van der Waals surface area contributed by atoms with Crippen LogP contribution in [0.1, 0.15) is 24.2 Å². The molecule has 1 N–H and O–H groups in total. The minimum absolute atomic E-state index is 0.195. The van der Waals surface area contributed by atoms with E-state index in [-0.39, 0.29) is 6.41 Å². The number of hydrogen-bond acceptors (Lipinski definition) is 3. The Hall–Kier alpha value is -1.36. The van der Waals surface area contributed by atoms with Crippen molar-refractivity contribution in [1.82, 2.24) is 4.72 Å². The van der Waals surface area contributed by atoms with Crippen LogP contribution < -0.4 is 4.72 Å². The molecule has 4 nitrogen and oxygen atoms in total. The SMILES string of the molecule is CCC(c1ccccc1)S(=O)(=O)NC=O. The van der Waals surface area contributed by atoms with Gasteiger partial charge in [-0.15, -0.1) is 0 Å². The fourth-order valence-electron chi connectivity index (χ4n) is 1.45. The van der Waals surface area contributed by atoms with Gasteiger partial charge in [0.15, 0.2) is 0 Å². The van der Waals surface area contributed by atoms with Crippen molar-refractivity contribution < 1.29 is 13.2 Å². The van der Waals surface area contributed by atoms with Gasteiger partial charge in [0.2, 0.25) is 16.4 Å². The summed E-state index contributed by atoms with van der Waals surface area (Å²) in [5.41, 5.74) is 0.689. The predicted octanol–water partition coefficient (Wildman–Crippen LogP) is 1.21. The molecule has 0 aromatic heterocycles. The summed E-state index contributed by atoms with van der Waals surface area (Å²) < 4.78 is 25.1. The second-order valence-corrected chi connectivity index (χ2v) is 4.98. The highest BCUT2D eigenvalue weighted by Crippen LogP contribution is 2.24. The molecule has 1 rings (SSSR count). The Balaban J connectivity index is 3.05. The molecule has 0 saturated heterocycles. The Labute approximate surface area is 89.4 Å². The van der Waals surface area contributed by atoms with Gasteiger partial charge in [-0.3, -0.25) is 9.52 Å². The van der Waals surface area contributed by atoms with E-state index in [9.17, 15) is 13.2 Å². The highest BCUT2D eigenvalue weighted by atomic mass is 32.2. The molecule has 0 aliphatic carbocycles. The normalized spacial score (nSPS) is 13.1. The van der Waals surface area contributed by atoms with Crippen LogP contribution in [0.15, 0.2) is 30.3 Å². The first-order valence-corrected chi connectivity index (χ1v) is 6.16. The fraction of sp³-hybridized carbons (Fsp3) is 0.300. The van der Waals surface area contributed by atoms with Crippen LogP contribution in [0.25, 0.3) is 0 Å². The third kappa shape index (κ3) is 2.79. The van der Waals surface area contributed by atoms with Crippen molar-refractivity contribution in [1.29, 1.82) is 0 Å². The number of rotatable bonds is 5. The van der Waals surface area contributed by atoms with E-state index in [1.807, 2.05) is 10.8 Å². The third-order valence-corrected chi connectivity index (χ3v) is 3.91. The molecule has 0 bridgehead atoms. The maximum Gasteiger partial charge on any atom is 0.241 e. The van der Waals surface area contributed by atoms with Crippen LogP contribution in [0.4, 0.5) is 0 Å². The molecule has 15 heavy (non-hydrogen) atoms. The van der Waals surface area contributed by atoms with E-state index in [1.165, 1.54) is 0 Å². The van der Waals surface area contributed by atoms with Crippen molar-refractivity contribution in [3.63, 3.8) is 0 Å². The highest BCUT2D eigenvalue weighted by molar-refractivity contribution is 7.90. The van der Waals surface area contributed by atoms with E-state index < -0.39 is 15.3 Å². The summed E-state index contributed by atoms with van der Waals surface area (Å²) in [4.78, 5) is 10.2. The zero-order valence-corrected chi connectivity index (χ0v) is 9.20. The monoisotopic (exact) mass is 227 g/mol. The molecule has 0 aliphatic rings. The van der Waals surface area contributed by atoms with E-state index in [0.717, 1.165) is 0 Å². The number of nitrogens with one attached hydrogen (secondary N) is 1. The molecule has 1 atom stereocenters. The summed E-state index contributed by atoms with van der Waals surface area (Å²) >= 11 is 0. The number of carbonyl (C=O) groups is 1.